The first-order valence-corrected chi connectivity index (χ1v) is 4.52. The van der Waals surface area contributed by atoms with Gasteiger partial charge in [-0.1, -0.05) is 0 Å². The smallest absolute Gasteiger partial charge is 0.282 e. The zero-order valence-electron chi connectivity index (χ0n) is 7.70. The van der Waals surface area contributed by atoms with Gasteiger partial charge in [0, 0.05) is 27.2 Å². The van der Waals surface area contributed by atoms with E-state index in [2.05, 4.69) is 4.98 Å². The van der Waals surface area contributed by atoms with Gasteiger partial charge in [0.1, 0.15) is 0 Å². The second-order valence-electron chi connectivity index (χ2n) is 2.79. The van der Waals surface area contributed by atoms with E-state index in [0.29, 0.717) is 9.88 Å². The molecule has 0 atom stereocenters. The zero-order chi connectivity index (χ0) is 10.0. The van der Waals surface area contributed by atoms with E-state index in [0.717, 1.165) is 11.3 Å². The molecule has 0 saturated heterocycles. The molecule has 0 bridgehead atoms. The van der Waals surface area contributed by atoms with E-state index < -0.39 is 0 Å². The average molecular weight is 198 g/mol. The van der Waals surface area contributed by atoms with Gasteiger partial charge in [0.15, 0.2) is 10.8 Å². The van der Waals surface area contributed by atoms with Crippen LogP contribution in [0.15, 0.2) is 6.20 Å². The molecular weight excluding hydrogens is 188 g/mol. The van der Waals surface area contributed by atoms with Crippen molar-refractivity contribution in [2.75, 3.05) is 14.1 Å². The van der Waals surface area contributed by atoms with Crippen molar-refractivity contribution < 1.29 is 9.59 Å². The second kappa shape index (κ2) is 3.66. The molecule has 0 aliphatic rings. The van der Waals surface area contributed by atoms with Crippen molar-refractivity contribution in [3.63, 3.8) is 0 Å². The molecular formula is C8H10N2O2S. The molecule has 4 nitrogen and oxygen atoms in total. The molecule has 0 aliphatic carbocycles. The number of hydrogen-bond donors (Lipinski definition) is 0. The Bertz CT molecular complexity index is 344. The number of carbonyl (C=O) groups excluding carboxylic acids is 2. The summed E-state index contributed by atoms with van der Waals surface area (Å²) < 4.78 is 0. The molecule has 0 radical (unpaired) electrons. The van der Waals surface area contributed by atoms with Gasteiger partial charge in [-0.15, -0.1) is 11.3 Å². The lowest BCUT2D eigenvalue weighted by molar-refractivity contribution is 0.0827. The van der Waals surface area contributed by atoms with Crippen LogP contribution in [-0.4, -0.2) is 35.7 Å². The summed E-state index contributed by atoms with van der Waals surface area (Å²) in [4.78, 5) is 28.1. The monoisotopic (exact) mass is 198 g/mol. The second-order valence-corrected chi connectivity index (χ2v) is 3.82. The van der Waals surface area contributed by atoms with Crippen molar-refractivity contribution in [2.24, 2.45) is 0 Å². The molecule has 5 heteroatoms. The molecule has 0 aromatic carbocycles. The molecule has 0 saturated carbocycles. The molecule has 1 aromatic rings. The molecule has 1 rings (SSSR count). The Labute approximate surface area is 80.2 Å². The Morgan fingerprint density at radius 3 is 2.46 bits per heavy atom. The molecule has 0 unspecified atom stereocenters. The van der Waals surface area contributed by atoms with Gasteiger partial charge in [-0.05, 0) is 0 Å². The third-order valence-electron chi connectivity index (χ3n) is 1.44. The molecule has 1 amide bonds. The van der Waals surface area contributed by atoms with Gasteiger partial charge < -0.3 is 4.90 Å². The van der Waals surface area contributed by atoms with E-state index in [4.69, 9.17) is 0 Å². The van der Waals surface area contributed by atoms with Crippen molar-refractivity contribution >= 4 is 23.0 Å². The summed E-state index contributed by atoms with van der Waals surface area (Å²) in [5.74, 6) is -0.229. The van der Waals surface area contributed by atoms with Crippen molar-refractivity contribution in [1.29, 1.82) is 0 Å². The summed E-state index contributed by atoms with van der Waals surface area (Å²) in [7, 11) is 3.30. The number of aromatic nitrogens is 1. The maximum atomic E-state index is 11.3. The van der Waals surface area contributed by atoms with Crippen LogP contribution in [-0.2, 0) is 0 Å². The molecule has 0 aliphatic heterocycles. The fraction of sp³-hybridized carbons (Fsp3) is 0.375. The number of amides is 1. The number of thiazole rings is 1. The average Bonchev–Trinajstić information content (AvgIpc) is 2.50. The van der Waals surface area contributed by atoms with Crippen LogP contribution in [0.3, 0.4) is 0 Å². The standard InChI is InChI=1S/C8H10N2O2S/c1-5(11)6-4-9-7(13-6)8(12)10(2)3/h4H,1-3H3. The Balaban J connectivity index is 2.92. The molecule has 0 N–H and O–H groups in total. The quantitative estimate of drug-likeness (QED) is 0.667. The normalized spacial score (nSPS) is 9.77. The maximum Gasteiger partial charge on any atom is 0.282 e. The number of ketones is 1. The van der Waals surface area contributed by atoms with Gasteiger partial charge in [0.25, 0.3) is 5.91 Å². The Hall–Kier alpha value is -1.23. The van der Waals surface area contributed by atoms with Crippen molar-refractivity contribution in [3.05, 3.63) is 16.1 Å². The van der Waals surface area contributed by atoms with Crippen molar-refractivity contribution in [2.45, 2.75) is 6.92 Å². The summed E-state index contributed by atoms with van der Waals surface area (Å²) >= 11 is 1.13. The minimum Gasteiger partial charge on any atom is -0.343 e. The number of rotatable bonds is 2. The van der Waals surface area contributed by atoms with Gasteiger partial charge in [-0.25, -0.2) is 4.98 Å². The van der Waals surface area contributed by atoms with E-state index in [1.807, 2.05) is 0 Å². The highest BCUT2D eigenvalue weighted by Gasteiger charge is 2.14. The van der Waals surface area contributed by atoms with Crippen LogP contribution in [0.25, 0.3) is 0 Å². The molecule has 70 valence electrons. The fourth-order valence-corrected chi connectivity index (χ4v) is 1.56. The van der Waals surface area contributed by atoms with Crippen molar-refractivity contribution in [3.8, 4) is 0 Å². The summed E-state index contributed by atoms with van der Waals surface area (Å²) in [5.41, 5.74) is 0. The largest absolute Gasteiger partial charge is 0.343 e. The van der Waals surface area contributed by atoms with Gasteiger partial charge >= 0.3 is 0 Å². The predicted molar refractivity (Wildman–Crippen MR) is 50.1 cm³/mol. The number of nitrogens with zero attached hydrogens (tertiary/aromatic N) is 2. The Morgan fingerprint density at radius 1 is 1.46 bits per heavy atom. The summed E-state index contributed by atoms with van der Waals surface area (Å²) in [6.07, 6.45) is 1.43. The highest BCUT2D eigenvalue weighted by molar-refractivity contribution is 7.15. The highest BCUT2D eigenvalue weighted by Crippen LogP contribution is 2.14. The van der Waals surface area contributed by atoms with Gasteiger partial charge in [0.05, 0.1) is 4.88 Å². The minimum atomic E-state index is -0.169. The van der Waals surface area contributed by atoms with Crippen LogP contribution in [0.1, 0.15) is 26.4 Å². The number of hydrogen-bond acceptors (Lipinski definition) is 4. The first-order valence-electron chi connectivity index (χ1n) is 3.71. The lowest BCUT2D eigenvalue weighted by Crippen LogP contribution is -2.21. The van der Waals surface area contributed by atoms with Crippen LogP contribution >= 0.6 is 11.3 Å². The zero-order valence-corrected chi connectivity index (χ0v) is 8.51. The molecule has 1 heterocycles. The molecule has 1 aromatic heterocycles. The van der Waals surface area contributed by atoms with Crippen LogP contribution in [0, 0.1) is 0 Å². The number of Topliss-reactive ketones (excluding diaryl/α,β-unsaturated/α-hetero) is 1. The number of carbonyl (C=O) groups is 2. The van der Waals surface area contributed by atoms with E-state index >= 15 is 0 Å². The summed E-state index contributed by atoms with van der Waals surface area (Å²) in [6.45, 7) is 1.46. The predicted octanol–water partition coefficient (Wildman–Crippen LogP) is 1.05. The SMILES string of the molecule is CC(=O)c1cnc(C(=O)N(C)C)s1. The van der Waals surface area contributed by atoms with Gasteiger partial charge in [-0.3, -0.25) is 9.59 Å². The molecule has 0 fully saturated rings. The minimum absolute atomic E-state index is 0.0599. The fourth-order valence-electron chi connectivity index (χ4n) is 0.727. The first-order chi connectivity index (χ1) is 6.02. The van der Waals surface area contributed by atoms with Crippen molar-refractivity contribution in [1.82, 2.24) is 9.88 Å². The topological polar surface area (TPSA) is 50.3 Å². The Kier molecular flexibility index (Phi) is 2.77. The van der Waals surface area contributed by atoms with Crippen LogP contribution in [0.5, 0.6) is 0 Å². The maximum absolute atomic E-state index is 11.3. The van der Waals surface area contributed by atoms with E-state index in [9.17, 15) is 9.59 Å². The van der Waals surface area contributed by atoms with E-state index in [-0.39, 0.29) is 11.7 Å². The van der Waals surface area contributed by atoms with Crippen LogP contribution in [0.4, 0.5) is 0 Å². The molecule has 13 heavy (non-hydrogen) atoms. The lowest BCUT2D eigenvalue weighted by atomic mass is 10.4. The van der Waals surface area contributed by atoms with Crippen LogP contribution in [0.2, 0.25) is 0 Å². The van der Waals surface area contributed by atoms with Crippen LogP contribution < -0.4 is 0 Å². The van der Waals surface area contributed by atoms with Gasteiger partial charge in [0.2, 0.25) is 0 Å². The molecule has 0 spiro atoms. The lowest BCUT2D eigenvalue weighted by Gasteiger charge is -2.05. The summed E-state index contributed by atoms with van der Waals surface area (Å²) in [5, 5.41) is 0.357. The Morgan fingerprint density at radius 2 is 2.08 bits per heavy atom. The first kappa shape index (κ1) is 9.85. The third-order valence-corrected chi connectivity index (χ3v) is 2.53. The third kappa shape index (κ3) is 2.12. The van der Waals surface area contributed by atoms with Gasteiger partial charge in [-0.2, -0.15) is 0 Å². The summed E-state index contributed by atoms with van der Waals surface area (Å²) in [6, 6.07) is 0. The van der Waals surface area contributed by atoms with E-state index in [1.54, 1.807) is 14.1 Å². The van der Waals surface area contributed by atoms with E-state index in [1.165, 1.54) is 18.0 Å². The highest BCUT2D eigenvalue weighted by atomic mass is 32.1.